The fraction of sp³-hybridized carbons (Fsp3) is 0.214. The lowest BCUT2D eigenvalue weighted by molar-refractivity contribution is -0.115. The van der Waals surface area contributed by atoms with Crippen LogP contribution in [0.3, 0.4) is 0 Å². The van der Waals surface area contributed by atoms with Gasteiger partial charge in [0.15, 0.2) is 5.11 Å². The maximum absolute atomic E-state index is 12.2. The van der Waals surface area contributed by atoms with Gasteiger partial charge in [-0.15, -0.1) is 0 Å². The third kappa shape index (κ3) is 7.69. The molecule has 1 aliphatic heterocycles. The molecule has 0 bridgehead atoms. The van der Waals surface area contributed by atoms with Crippen molar-refractivity contribution in [3.05, 3.63) is 94.0 Å². The van der Waals surface area contributed by atoms with E-state index in [4.69, 9.17) is 40.2 Å². The second-order valence-corrected chi connectivity index (χ2v) is 9.79. The fourth-order valence-electron chi connectivity index (χ4n) is 4.06. The number of hydrogen-bond acceptors (Lipinski definition) is 5. The molecule has 3 aromatic rings. The van der Waals surface area contributed by atoms with Gasteiger partial charge in [-0.3, -0.25) is 15.0 Å². The number of thiocarbonyl (C=S) groups is 1. The predicted molar refractivity (Wildman–Crippen MR) is 157 cm³/mol. The molecule has 37 heavy (non-hydrogen) atoms. The molecular weight excluding hydrogens is 527 g/mol. The Labute approximate surface area is 232 Å². The highest BCUT2D eigenvalue weighted by Gasteiger charge is 2.20. The molecule has 4 rings (SSSR count). The zero-order valence-corrected chi connectivity index (χ0v) is 22.7. The Morgan fingerprint density at radius 1 is 1.00 bits per heavy atom. The summed E-state index contributed by atoms with van der Waals surface area (Å²) in [6, 6.07) is 21.1. The summed E-state index contributed by atoms with van der Waals surface area (Å²) in [4.78, 5) is 16.9. The minimum absolute atomic E-state index is 0.196. The molecule has 3 aromatic carbocycles. The van der Waals surface area contributed by atoms with Gasteiger partial charge < -0.3 is 15.0 Å². The summed E-state index contributed by atoms with van der Waals surface area (Å²) in [5, 5.41) is 7.29. The van der Waals surface area contributed by atoms with Crippen LogP contribution in [-0.2, 0) is 11.3 Å². The number of anilines is 2. The van der Waals surface area contributed by atoms with Gasteiger partial charge in [0.2, 0.25) is 5.91 Å². The lowest BCUT2D eigenvalue weighted by atomic mass is 10.2. The zero-order chi connectivity index (χ0) is 26.2. The summed E-state index contributed by atoms with van der Waals surface area (Å²) in [7, 11) is 1.61. The summed E-state index contributed by atoms with van der Waals surface area (Å²) in [5.41, 5.74) is 3.70. The van der Waals surface area contributed by atoms with E-state index in [9.17, 15) is 4.79 Å². The van der Waals surface area contributed by atoms with Crippen molar-refractivity contribution in [1.29, 1.82) is 0 Å². The van der Waals surface area contributed by atoms with Gasteiger partial charge >= 0.3 is 0 Å². The van der Waals surface area contributed by atoms with Gasteiger partial charge in [0.05, 0.1) is 17.8 Å². The van der Waals surface area contributed by atoms with Gasteiger partial charge in [0.1, 0.15) is 5.75 Å². The van der Waals surface area contributed by atoms with Gasteiger partial charge in [-0.1, -0.05) is 53.5 Å². The number of methoxy groups -OCH3 is 1. The predicted octanol–water partition coefficient (Wildman–Crippen LogP) is 5.85. The number of amides is 1. The van der Waals surface area contributed by atoms with Gasteiger partial charge in [-0.05, 0) is 65.8 Å². The van der Waals surface area contributed by atoms with Gasteiger partial charge in [-0.25, -0.2) is 0 Å². The average Bonchev–Trinajstić information content (AvgIpc) is 2.90. The molecule has 9 heteroatoms. The summed E-state index contributed by atoms with van der Waals surface area (Å²) < 4.78 is 5.14. The number of ether oxygens (including phenoxy) is 1. The molecule has 1 saturated heterocycles. The fourth-order valence-corrected chi connectivity index (χ4v) is 4.77. The van der Waals surface area contributed by atoms with Crippen LogP contribution in [0.4, 0.5) is 11.4 Å². The molecule has 0 atom stereocenters. The monoisotopic (exact) mass is 554 g/mol. The summed E-state index contributed by atoms with van der Waals surface area (Å²) >= 11 is 18.2. The Bertz CT molecular complexity index is 1280. The molecule has 0 radical (unpaired) electrons. The van der Waals surface area contributed by atoms with E-state index >= 15 is 0 Å². The van der Waals surface area contributed by atoms with E-state index in [0.717, 1.165) is 60.3 Å². The van der Waals surface area contributed by atoms with Crippen molar-refractivity contribution in [2.75, 3.05) is 43.5 Å². The Balaban J connectivity index is 1.26. The van der Waals surface area contributed by atoms with Crippen LogP contribution in [0, 0.1) is 0 Å². The molecule has 192 valence electrons. The minimum atomic E-state index is -0.328. The van der Waals surface area contributed by atoms with Crippen molar-refractivity contribution < 1.29 is 9.53 Å². The first-order valence-corrected chi connectivity index (χ1v) is 13.0. The van der Waals surface area contributed by atoms with Crippen LogP contribution in [-0.4, -0.2) is 49.2 Å². The van der Waals surface area contributed by atoms with Crippen LogP contribution >= 0.6 is 35.4 Å². The van der Waals surface area contributed by atoms with E-state index in [1.54, 1.807) is 13.2 Å². The Kier molecular flexibility index (Phi) is 9.41. The third-order valence-electron chi connectivity index (χ3n) is 6.05. The van der Waals surface area contributed by atoms with Gasteiger partial charge in [-0.2, -0.15) is 0 Å². The SMILES string of the molecule is COc1ccc(C=CC(=O)NC(=S)Nc2ccc(N3CCN(Cc4ccccc4Cl)CC3)c(Cl)c2)cc1. The van der Waals surface area contributed by atoms with Crippen molar-refractivity contribution >= 4 is 63.9 Å². The van der Waals surface area contributed by atoms with Crippen molar-refractivity contribution in [1.82, 2.24) is 10.2 Å². The van der Waals surface area contributed by atoms with E-state index in [-0.39, 0.29) is 11.0 Å². The number of carbonyl (C=O) groups is 1. The molecule has 1 aliphatic rings. The Morgan fingerprint density at radius 3 is 2.41 bits per heavy atom. The molecule has 1 heterocycles. The summed E-state index contributed by atoms with van der Waals surface area (Å²) in [6.45, 7) is 4.41. The summed E-state index contributed by atoms with van der Waals surface area (Å²) in [5.74, 6) is 0.429. The number of nitrogens with one attached hydrogen (secondary N) is 2. The van der Waals surface area contributed by atoms with Crippen LogP contribution in [0.5, 0.6) is 5.75 Å². The molecule has 0 spiro atoms. The van der Waals surface area contributed by atoms with Gasteiger partial charge in [0, 0.05) is 49.5 Å². The Hall–Kier alpha value is -3.10. The van der Waals surface area contributed by atoms with Gasteiger partial charge in [0.25, 0.3) is 0 Å². The maximum Gasteiger partial charge on any atom is 0.250 e. The number of piperazine rings is 1. The van der Waals surface area contributed by atoms with Crippen molar-refractivity contribution in [3.63, 3.8) is 0 Å². The van der Waals surface area contributed by atoms with Crippen LogP contribution in [0.25, 0.3) is 6.08 Å². The van der Waals surface area contributed by atoms with E-state index in [1.807, 2.05) is 60.7 Å². The standard InChI is InChI=1S/C28H28Cl2N4O2S/c1-36-23-10-6-20(7-11-23)8-13-27(35)32-28(37)31-22-9-12-26(25(30)18-22)34-16-14-33(15-17-34)19-21-4-2-3-5-24(21)29/h2-13,18H,14-17,19H2,1H3,(H2,31,32,35,37). The quantitative estimate of drug-likeness (QED) is 0.282. The number of rotatable bonds is 7. The average molecular weight is 556 g/mol. The normalized spacial score (nSPS) is 14.0. The van der Waals surface area contributed by atoms with E-state index in [0.29, 0.717) is 10.7 Å². The molecule has 2 N–H and O–H groups in total. The summed E-state index contributed by atoms with van der Waals surface area (Å²) in [6.07, 6.45) is 3.13. The lowest BCUT2D eigenvalue weighted by Gasteiger charge is -2.36. The Morgan fingerprint density at radius 2 is 1.73 bits per heavy atom. The molecule has 6 nitrogen and oxygen atoms in total. The second-order valence-electron chi connectivity index (χ2n) is 8.57. The minimum Gasteiger partial charge on any atom is -0.497 e. The van der Waals surface area contributed by atoms with Crippen molar-refractivity contribution in [2.45, 2.75) is 6.54 Å². The van der Waals surface area contributed by atoms with E-state index in [2.05, 4.69) is 26.5 Å². The number of halogens is 2. The van der Waals surface area contributed by atoms with E-state index < -0.39 is 0 Å². The first-order chi connectivity index (χ1) is 17.9. The number of benzene rings is 3. The smallest absolute Gasteiger partial charge is 0.250 e. The highest BCUT2D eigenvalue weighted by Crippen LogP contribution is 2.30. The van der Waals surface area contributed by atoms with Crippen LogP contribution in [0.15, 0.2) is 72.8 Å². The van der Waals surface area contributed by atoms with Crippen LogP contribution in [0.2, 0.25) is 10.0 Å². The van der Waals surface area contributed by atoms with Crippen LogP contribution < -0.4 is 20.3 Å². The molecular formula is C28H28Cl2N4O2S. The molecule has 0 aliphatic carbocycles. The second kappa shape index (κ2) is 12.9. The third-order valence-corrected chi connectivity index (χ3v) is 6.93. The molecule has 0 saturated carbocycles. The van der Waals surface area contributed by atoms with Crippen LogP contribution in [0.1, 0.15) is 11.1 Å². The first kappa shape index (κ1) is 26.9. The van der Waals surface area contributed by atoms with Crippen molar-refractivity contribution in [2.24, 2.45) is 0 Å². The van der Waals surface area contributed by atoms with Crippen molar-refractivity contribution in [3.8, 4) is 5.75 Å². The topological polar surface area (TPSA) is 56.8 Å². The number of nitrogens with zero attached hydrogens (tertiary/aromatic N) is 2. The highest BCUT2D eigenvalue weighted by atomic mass is 35.5. The van der Waals surface area contributed by atoms with E-state index in [1.165, 1.54) is 6.08 Å². The molecule has 0 aromatic heterocycles. The molecule has 0 unspecified atom stereocenters. The first-order valence-electron chi connectivity index (χ1n) is 11.9. The highest BCUT2D eigenvalue weighted by molar-refractivity contribution is 7.80. The lowest BCUT2D eigenvalue weighted by Crippen LogP contribution is -2.46. The number of hydrogen-bond donors (Lipinski definition) is 2. The molecule has 1 fully saturated rings. The zero-order valence-electron chi connectivity index (χ0n) is 20.4. The molecule has 1 amide bonds. The largest absolute Gasteiger partial charge is 0.497 e. The number of carbonyl (C=O) groups excluding carboxylic acids is 1. The maximum atomic E-state index is 12.2.